The minimum absolute atomic E-state index is 0.624. The second kappa shape index (κ2) is 6.48. The quantitative estimate of drug-likeness (QED) is 0.618. The molecule has 0 aromatic heterocycles. The number of hydrogen-bond acceptors (Lipinski definition) is 1. The van der Waals surface area contributed by atoms with Crippen LogP contribution in [0.2, 0.25) is 0 Å². The van der Waals surface area contributed by atoms with Crippen molar-refractivity contribution in [1.82, 2.24) is 0 Å². The number of nitrogens with one attached hydrogen (secondary N) is 1. The maximum absolute atomic E-state index is 8.91. The van der Waals surface area contributed by atoms with Gasteiger partial charge in [-0.1, -0.05) is 42.0 Å². The number of rotatable bonds is 3. The van der Waals surface area contributed by atoms with Crippen molar-refractivity contribution in [3.63, 3.8) is 0 Å². The van der Waals surface area contributed by atoms with Crippen molar-refractivity contribution < 1.29 is 0 Å². The maximum Gasteiger partial charge on any atom is 0.0693 e. The van der Waals surface area contributed by atoms with Crippen molar-refractivity contribution >= 4 is 11.3 Å². The van der Waals surface area contributed by atoms with Gasteiger partial charge in [-0.3, -0.25) is 5.41 Å². The van der Waals surface area contributed by atoms with Crippen molar-refractivity contribution in [3.05, 3.63) is 86.5 Å². The van der Waals surface area contributed by atoms with Gasteiger partial charge in [0.1, 0.15) is 0 Å². The van der Waals surface area contributed by atoms with Gasteiger partial charge in [-0.2, -0.15) is 0 Å². The number of allylic oxidation sites excluding steroid dienone is 4. The van der Waals surface area contributed by atoms with Gasteiger partial charge in [0, 0.05) is 11.1 Å². The molecule has 2 aromatic carbocycles. The van der Waals surface area contributed by atoms with Gasteiger partial charge in [-0.25, -0.2) is 0 Å². The molecule has 25 heavy (non-hydrogen) atoms. The standard InChI is InChI=1S/C24H27N/c1-14-11-12-20(18(5)16(14)3)24(25)22-10-8-7-9-21(22)23-13-15(2)17(4)19(23)6/h7-12,25H,13H2,1-6H3. The average molecular weight is 329 g/mol. The van der Waals surface area contributed by atoms with E-state index in [1.165, 1.54) is 44.5 Å². The van der Waals surface area contributed by atoms with Gasteiger partial charge in [0.2, 0.25) is 0 Å². The first-order valence-corrected chi connectivity index (χ1v) is 8.95. The van der Waals surface area contributed by atoms with Crippen LogP contribution in [0.25, 0.3) is 5.57 Å². The van der Waals surface area contributed by atoms with Crippen LogP contribution in [0.4, 0.5) is 0 Å². The monoisotopic (exact) mass is 329 g/mol. The Hall–Kier alpha value is -2.41. The highest BCUT2D eigenvalue weighted by molar-refractivity contribution is 6.14. The van der Waals surface area contributed by atoms with Gasteiger partial charge >= 0.3 is 0 Å². The minimum Gasteiger partial charge on any atom is -0.300 e. The second-order valence-corrected chi connectivity index (χ2v) is 7.29. The number of hydrogen-bond donors (Lipinski definition) is 1. The van der Waals surface area contributed by atoms with Crippen LogP contribution in [0.3, 0.4) is 0 Å². The van der Waals surface area contributed by atoms with Crippen molar-refractivity contribution in [2.75, 3.05) is 0 Å². The Morgan fingerprint density at radius 1 is 0.760 bits per heavy atom. The SMILES string of the molecule is CC1=C(C)C(C)=C(c2ccccc2C(=N)c2ccc(C)c(C)c2C)C1. The van der Waals surface area contributed by atoms with E-state index in [-0.39, 0.29) is 0 Å². The van der Waals surface area contributed by atoms with Gasteiger partial charge in [-0.15, -0.1) is 0 Å². The Kier molecular flexibility index (Phi) is 4.51. The normalized spacial score (nSPS) is 14.5. The molecule has 2 aromatic rings. The van der Waals surface area contributed by atoms with E-state index in [1.807, 2.05) is 6.07 Å². The Balaban J connectivity index is 2.12. The Morgan fingerprint density at radius 2 is 1.44 bits per heavy atom. The predicted molar refractivity (Wildman–Crippen MR) is 109 cm³/mol. The third kappa shape index (κ3) is 2.89. The molecule has 0 fully saturated rings. The number of aryl methyl sites for hydroxylation is 1. The first-order chi connectivity index (χ1) is 11.8. The van der Waals surface area contributed by atoms with Crippen LogP contribution in [-0.2, 0) is 0 Å². The predicted octanol–water partition coefficient (Wildman–Crippen LogP) is 6.54. The van der Waals surface area contributed by atoms with Crippen LogP contribution in [0.15, 0.2) is 53.1 Å². The third-order valence-corrected chi connectivity index (χ3v) is 5.95. The van der Waals surface area contributed by atoms with Crippen LogP contribution in [0.5, 0.6) is 0 Å². The zero-order valence-corrected chi connectivity index (χ0v) is 16.2. The molecule has 0 bridgehead atoms. The van der Waals surface area contributed by atoms with E-state index in [0.717, 1.165) is 17.5 Å². The summed E-state index contributed by atoms with van der Waals surface area (Å²) in [6, 6.07) is 12.6. The molecule has 1 N–H and O–H groups in total. The maximum atomic E-state index is 8.91. The average Bonchev–Trinajstić information content (AvgIpc) is 2.86. The molecule has 0 atom stereocenters. The van der Waals surface area contributed by atoms with Gasteiger partial charge in [-0.05, 0) is 86.9 Å². The first kappa shape index (κ1) is 17.4. The van der Waals surface area contributed by atoms with Gasteiger partial charge in [0.15, 0.2) is 0 Å². The molecule has 0 saturated carbocycles. The second-order valence-electron chi connectivity index (χ2n) is 7.29. The highest BCUT2D eigenvalue weighted by Gasteiger charge is 2.21. The summed E-state index contributed by atoms with van der Waals surface area (Å²) in [5.41, 5.74) is 13.3. The van der Waals surface area contributed by atoms with E-state index in [1.54, 1.807) is 0 Å². The van der Waals surface area contributed by atoms with Crippen molar-refractivity contribution in [2.24, 2.45) is 0 Å². The summed E-state index contributed by atoms with van der Waals surface area (Å²) in [7, 11) is 0. The minimum atomic E-state index is 0.624. The molecule has 0 amide bonds. The summed E-state index contributed by atoms with van der Waals surface area (Å²) in [6.45, 7) is 13.0. The van der Waals surface area contributed by atoms with Gasteiger partial charge in [0.05, 0.1) is 5.71 Å². The van der Waals surface area contributed by atoms with E-state index < -0.39 is 0 Å². The molecule has 0 radical (unpaired) electrons. The third-order valence-electron chi connectivity index (χ3n) is 5.95. The fraction of sp³-hybridized carbons (Fsp3) is 0.292. The largest absolute Gasteiger partial charge is 0.300 e. The molecule has 0 aliphatic heterocycles. The van der Waals surface area contributed by atoms with Crippen LogP contribution >= 0.6 is 0 Å². The van der Waals surface area contributed by atoms with Crippen LogP contribution in [0, 0.1) is 26.2 Å². The molecule has 3 rings (SSSR count). The summed E-state index contributed by atoms with van der Waals surface area (Å²) in [6.07, 6.45) is 0.994. The lowest BCUT2D eigenvalue weighted by Gasteiger charge is -2.17. The fourth-order valence-corrected chi connectivity index (χ4v) is 3.71. The van der Waals surface area contributed by atoms with Gasteiger partial charge in [0.25, 0.3) is 0 Å². The first-order valence-electron chi connectivity index (χ1n) is 8.95. The summed E-state index contributed by atoms with van der Waals surface area (Å²) in [4.78, 5) is 0. The molecular formula is C24H27N. The smallest absolute Gasteiger partial charge is 0.0693 e. The Labute approximate surface area is 151 Å². The zero-order valence-electron chi connectivity index (χ0n) is 16.2. The molecular weight excluding hydrogens is 302 g/mol. The van der Waals surface area contributed by atoms with Crippen LogP contribution < -0.4 is 0 Å². The molecule has 128 valence electrons. The molecule has 0 heterocycles. The summed E-state index contributed by atoms with van der Waals surface area (Å²) >= 11 is 0. The lowest BCUT2D eigenvalue weighted by atomic mass is 9.88. The number of benzene rings is 2. The lowest BCUT2D eigenvalue weighted by molar-refractivity contribution is 1.22. The highest BCUT2D eigenvalue weighted by Crippen LogP contribution is 2.39. The topological polar surface area (TPSA) is 23.9 Å². The molecule has 1 aliphatic carbocycles. The van der Waals surface area contributed by atoms with Crippen LogP contribution in [0.1, 0.15) is 60.6 Å². The van der Waals surface area contributed by atoms with Crippen molar-refractivity contribution in [2.45, 2.75) is 48.0 Å². The molecule has 1 aliphatic rings. The van der Waals surface area contributed by atoms with E-state index >= 15 is 0 Å². The Morgan fingerprint density at radius 3 is 2.08 bits per heavy atom. The summed E-state index contributed by atoms with van der Waals surface area (Å²) < 4.78 is 0. The van der Waals surface area contributed by atoms with Crippen LogP contribution in [-0.4, -0.2) is 5.71 Å². The Bertz CT molecular complexity index is 939. The van der Waals surface area contributed by atoms with Gasteiger partial charge < -0.3 is 0 Å². The summed E-state index contributed by atoms with van der Waals surface area (Å²) in [5.74, 6) is 0. The lowest BCUT2D eigenvalue weighted by Crippen LogP contribution is -2.08. The zero-order chi connectivity index (χ0) is 18.3. The van der Waals surface area contributed by atoms with Crippen molar-refractivity contribution in [3.8, 4) is 0 Å². The fourth-order valence-electron chi connectivity index (χ4n) is 3.71. The molecule has 0 spiro atoms. The highest BCUT2D eigenvalue weighted by atomic mass is 14.4. The van der Waals surface area contributed by atoms with E-state index in [9.17, 15) is 0 Å². The summed E-state index contributed by atoms with van der Waals surface area (Å²) in [5, 5.41) is 8.91. The molecule has 1 nitrogen and oxygen atoms in total. The molecule has 1 heteroatoms. The van der Waals surface area contributed by atoms with E-state index in [4.69, 9.17) is 5.41 Å². The molecule has 0 saturated heterocycles. The van der Waals surface area contributed by atoms with E-state index in [0.29, 0.717) is 5.71 Å². The molecule has 0 unspecified atom stereocenters. The van der Waals surface area contributed by atoms with E-state index in [2.05, 4.69) is 71.9 Å². The van der Waals surface area contributed by atoms with Crippen molar-refractivity contribution in [1.29, 1.82) is 5.41 Å².